The summed E-state index contributed by atoms with van der Waals surface area (Å²) in [6, 6.07) is 37.1. The van der Waals surface area contributed by atoms with Gasteiger partial charge >= 0.3 is 0 Å². The predicted octanol–water partition coefficient (Wildman–Crippen LogP) is 10.5. The molecule has 1 unspecified atom stereocenters. The number of hydrogen-bond acceptors (Lipinski definition) is 1. The van der Waals surface area contributed by atoms with Gasteiger partial charge in [-0.1, -0.05) is 121 Å². The highest BCUT2D eigenvalue weighted by Crippen LogP contribution is 2.43. The summed E-state index contributed by atoms with van der Waals surface area (Å²) in [5, 5.41) is 5.42. The number of nitrogens with zero attached hydrogens (tertiary/aromatic N) is 2. The Balaban J connectivity index is 1.36. The lowest BCUT2D eigenvalue weighted by molar-refractivity contribution is 0.864. The van der Waals surface area contributed by atoms with Crippen molar-refractivity contribution in [3.8, 4) is 0 Å². The Morgan fingerprint density at radius 1 is 0.698 bits per heavy atom. The molecule has 0 N–H and O–H groups in total. The lowest BCUT2D eigenvalue weighted by atomic mass is 9.79. The molecular formula is C41H36N2. The SMILES string of the molecule is CC=NC(=NC(C)C1=C(c2ccccc2C2=Cc3c(c4ccccc4c4ccccc34)CC2)CCC=C1)c1ccccc1. The Morgan fingerprint density at radius 3 is 2.12 bits per heavy atom. The zero-order valence-corrected chi connectivity index (χ0v) is 24.9. The molecule has 2 heteroatoms. The van der Waals surface area contributed by atoms with Crippen LogP contribution in [0, 0.1) is 0 Å². The first kappa shape index (κ1) is 27.0. The molecule has 7 rings (SSSR count). The first-order chi connectivity index (χ1) is 21.2. The van der Waals surface area contributed by atoms with Gasteiger partial charge in [-0.25, -0.2) is 4.99 Å². The Kier molecular flexibility index (Phi) is 7.43. The standard InChI is InChI=1S/C41H36N2/c1-3-42-41(29-15-5-4-6-16-29)43-28(2)31-17-7-9-19-33(31)34-20-10-8-18-32(34)30-25-26-39-37-23-12-11-21-35(37)36-22-13-14-24-38(36)40(39)27-30/h3-8,10-18,20-24,27-28H,9,19,25-26H2,1-2H3. The molecule has 0 spiro atoms. The van der Waals surface area contributed by atoms with Crippen molar-refractivity contribution in [3.05, 3.63) is 149 Å². The number of rotatable bonds is 5. The fourth-order valence-electron chi connectivity index (χ4n) is 6.93. The quantitative estimate of drug-likeness (QED) is 0.117. The topological polar surface area (TPSA) is 24.7 Å². The van der Waals surface area contributed by atoms with Gasteiger partial charge in [0.1, 0.15) is 0 Å². The molecule has 0 amide bonds. The molecule has 2 aliphatic carbocycles. The zero-order chi connectivity index (χ0) is 29.2. The zero-order valence-electron chi connectivity index (χ0n) is 24.9. The maximum absolute atomic E-state index is 5.17. The fourth-order valence-corrected chi connectivity index (χ4v) is 6.93. The third kappa shape index (κ3) is 5.08. The third-order valence-electron chi connectivity index (χ3n) is 8.90. The number of fused-ring (bicyclic) bond motifs is 6. The van der Waals surface area contributed by atoms with E-state index < -0.39 is 0 Å². The van der Waals surface area contributed by atoms with Crippen LogP contribution < -0.4 is 0 Å². The molecule has 0 aromatic heterocycles. The number of aryl methyl sites for hydroxylation is 1. The number of aliphatic imine (C=N–C) groups is 2. The molecule has 0 saturated carbocycles. The van der Waals surface area contributed by atoms with Crippen molar-refractivity contribution in [2.45, 2.75) is 45.6 Å². The largest absolute Gasteiger partial charge is 0.258 e. The summed E-state index contributed by atoms with van der Waals surface area (Å²) in [4.78, 5) is 9.82. The van der Waals surface area contributed by atoms with Gasteiger partial charge in [0.2, 0.25) is 0 Å². The maximum atomic E-state index is 5.17. The van der Waals surface area contributed by atoms with Gasteiger partial charge in [0.15, 0.2) is 5.84 Å². The summed E-state index contributed by atoms with van der Waals surface area (Å²) in [5.41, 5.74) is 10.7. The second kappa shape index (κ2) is 11.8. The lowest BCUT2D eigenvalue weighted by Crippen LogP contribution is -2.12. The first-order valence-electron chi connectivity index (χ1n) is 15.5. The van der Waals surface area contributed by atoms with Gasteiger partial charge in [0, 0.05) is 11.8 Å². The molecule has 2 aliphatic rings. The number of hydrogen-bond donors (Lipinski definition) is 0. The molecule has 0 fully saturated rings. The molecule has 0 bridgehead atoms. The molecule has 0 aliphatic heterocycles. The molecule has 2 nitrogen and oxygen atoms in total. The van der Waals surface area contributed by atoms with Crippen LogP contribution >= 0.6 is 0 Å². The Morgan fingerprint density at radius 2 is 1.35 bits per heavy atom. The van der Waals surface area contributed by atoms with Crippen LogP contribution in [0.3, 0.4) is 0 Å². The van der Waals surface area contributed by atoms with E-state index in [0.29, 0.717) is 0 Å². The average Bonchev–Trinajstić information content (AvgIpc) is 3.08. The van der Waals surface area contributed by atoms with E-state index in [0.717, 1.165) is 37.1 Å². The summed E-state index contributed by atoms with van der Waals surface area (Å²) >= 11 is 0. The van der Waals surface area contributed by atoms with Gasteiger partial charge in [-0.15, -0.1) is 0 Å². The van der Waals surface area contributed by atoms with Crippen LogP contribution in [0.25, 0.3) is 38.8 Å². The molecule has 0 heterocycles. The van der Waals surface area contributed by atoms with E-state index in [9.17, 15) is 0 Å². The van der Waals surface area contributed by atoms with Crippen molar-refractivity contribution in [2.75, 3.05) is 0 Å². The van der Waals surface area contributed by atoms with Crippen LogP contribution in [0.1, 0.15) is 60.9 Å². The second-order valence-corrected chi connectivity index (χ2v) is 11.5. The van der Waals surface area contributed by atoms with Gasteiger partial charge in [-0.2, -0.15) is 0 Å². The molecule has 43 heavy (non-hydrogen) atoms. The van der Waals surface area contributed by atoms with E-state index in [1.165, 1.54) is 60.5 Å². The van der Waals surface area contributed by atoms with Crippen LogP contribution in [-0.4, -0.2) is 18.1 Å². The van der Waals surface area contributed by atoms with Crippen molar-refractivity contribution in [1.82, 2.24) is 0 Å². The summed E-state index contributed by atoms with van der Waals surface area (Å²) in [6.45, 7) is 4.15. The van der Waals surface area contributed by atoms with Gasteiger partial charge in [-0.05, 0) is 100 Å². The Bertz CT molecular complexity index is 1990. The van der Waals surface area contributed by atoms with Crippen molar-refractivity contribution in [1.29, 1.82) is 0 Å². The van der Waals surface area contributed by atoms with Crippen LogP contribution in [0.4, 0.5) is 0 Å². The fraction of sp³-hybridized carbons (Fsp3) is 0.171. The Hall–Kier alpha value is -4.82. The smallest absolute Gasteiger partial charge is 0.154 e. The average molecular weight is 557 g/mol. The van der Waals surface area contributed by atoms with Gasteiger partial charge in [0.25, 0.3) is 0 Å². The second-order valence-electron chi connectivity index (χ2n) is 11.5. The normalized spacial score (nSPS) is 16.1. The molecule has 210 valence electrons. The van der Waals surface area contributed by atoms with E-state index >= 15 is 0 Å². The van der Waals surface area contributed by atoms with E-state index in [2.05, 4.69) is 115 Å². The lowest BCUT2D eigenvalue weighted by Gasteiger charge is -2.25. The van der Waals surface area contributed by atoms with E-state index in [4.69, 9.17) is 4.99 Å². The maximum Gasteiger partial charge on any atom is 0.154 e. The summed E-state index contributed by atoms with van der Waals surface area (Å²) in [7, 11) is 0. The molecular weight excluding hydrogens is 520 g/mol. The number of allylic oxidation sites excluding steroid dienone is 3. The highest BCUT2D eigenvalue weighted by Gasteiger charge is 2.23. The molecule has 0 radical (unpaired) electrons. The molecule has 0 saturated heterocycles. The first-order valence-corrected chi connectivity index (χ1v) is 15.5. The van der Waals surface area contributed by atoms with Gasteiger partial charge < -0.3 is 0 Å². The molecule has 5 aromatic rings. The number of amidine groups is 1. The minimum Gasteiger partial charge on any atom is -0.258 e. The Labute approximate surface area is 254 Å². The van der Waals surface area contributed by atoms with Crippen LogP contribution in [0.5, 0.6) is 0 Å². The summed E-state index contributed by atoms with van der Waals surface area (Å²) in [6.07, 6.45) is 13.0. The van der Waals surface area contributed by atoms with Crippen LogP contribution in [-0.2, 0) is 6.42 Å². The van der Waals surface area contributed by atoms with Crippen molar-refractivity contribution in [3.63, 3.8) is 0 Å². The van der Waals surface area contributed by atoms with Gasteiger partial charge in [-0.3, -0.25) is 4.99 Å². The highest BCUT2D eigenvalue weighted by molar-refractivity contribution is 6.14. The minimum absolute atomic E-state index is 0.0186. The predicted molar refractivity (Wildman–Crippen MR) is 186 cm³/mol. The van der Waals surface area contributed by atoms with Crippen molar-refractivity contribution < 1.29 is 0 Å². The molecule has 5 aromatic carbocycles. The highest BCUT2D eigenvalue weighted by atomic mass is 14.9. The van der Waals surface area contributed by atoms with E-state index in [1.54, 1.807) is 0 Å². The third-order valence-corrected chi connectivity index (χ3v) is 8.90. The number of benzene rings is 5. The van der Waals surface area contributed by atoms with E-state index in [1.807, 2.05) is 31.3 Å². The van der Waals surface area contributed by atoms with Crippen LogP contribution in [0.2, 0.25) is 0 Å². The molecule has 1 atom stereocenters. The van der Waals surface area contributed by atoms with Crippen molar-refractivity contribution >= 4 is 50.8 Å². The van der Waals surface area contributed by atoms with Crippen molar-refractivity contribution in [2.24, 2.45) is 9.98 Å². The minimum atomic E-state index is -0.0186. The summed E-state index contributed by atoms with van der Waals surface area (Å²) in [5.74, 6) is 0.778. The van der Waals surface area contributed by atoms with Crippen LogP contribution in [0.15, 0.2) is 131 Å². The van der Waals surface area contributed by atoms with E-state index in [-0.39, 0.29) is 6.04 Å². The monoisotopic (exact) mass is 556 g/mol. The summed E-state index contributed by atoms with van der Waals surface area (Å²) < 4.78 is 0. The van der Waals surface area contributed by atoms with Gasteiger partial charge in [0.05, 0.1) is 6.04 Å².